The fourth-order valence-corrected chi connectivity index (χ4v) is 9.03. The predicted octanol–water partition coefficient (Wildman–Crippen LogP) is 12.1. The van der Waals surface area contributed by atoms with Crippen molar-refractivity contribution in [2.24, 2.45) is 0 Å². The molecule has 15 heteroatoms. The third kappa shape index (κ3) is 7.25. The number of rotatable bonds is 4. The highest BCUT2D eigenvalue weighted by Gasteiger charge is 2.39. The highest BCUT2D eigenvalue weighted by atomic mass is 127. The zero-order chi connectivity index (χ0) is 45.1. The zero-order valence-corrected chi connectivity index (χ0v) is 38.0. The molecule has 2 aliphatic heterocycles. The molecule has 0 atom stereocenters. The van der Waals surface area contributed by atoms with E-state index in [1.165, 1.54) is 12.1 Å². The summed E-state index contributed by atoms with van der Waals surface area (Å²) in [6.45, 7) is 14.9. The Morgan fingerprint density at radius 1 is 0.688 bits per heavy atom. The van der Waals surface area contributed by atoms with Crippen LogP contribution in [0.2, 0.25) is 0 Å². The molecular formula is C49H47F4IN10. The van der Waals surface area contributed by atoms with E-state index in [-0.39, 0.29) is 29.9 Å². The molecule has 0 fully saturated rings. The van der Waals surface area contributed by atoms with E-state index in [1.807, 2.05) is 65.9 Å². The van der Waals surface area contributed by atoms with Crippen LogP contribution in [0.25, 0.3) is 55.4 Å². The van der Waals surface area contributed by atoms with E-state index in [1.54, 1.807) is 47.4 Å². The van der Waals surface area contributed by atoms with Crippen molar-refractivity contribution in [3.8, 4) is 57.8 Å². The number of aromatic amines is 2. The Morgan fingerprint density at radius 3 is 1.58 bits per heavy atom. The number of fused-ring (bicyclic) bond motifs is 8. The van der Waals surface area contributed by atoms with Gasteiger partial charge in [-0.3, -0.25) is 9.13 Å². The second-order valence-corrected chi connectivity index (χ2v) is 17.3. The summed E-state index contributed by atoms with van der Waals surface area (Å²) in [6, 6.07) is 13.6. The molecular weight excluding hydrogens is 932 g/mol. The lowest BCUT2D eigenvalue weighted by molar-refractivity contribution is 0.515. The first-order valence-corrected chi connectivity index (χ1v) is 21.4. The molecule has 0 saturated carbocycles. The molecule has 0 radical (unpaired) electrons. The molecule has 64 heavy (non-hydrogen) atoms. The van der Waals surface area contributed by atoms with Crippen LogP contribution in [0.3, 0.4) is 0 Å². The molecule has 0 spiro atoms. The first-order chi connectivity index (χ1) is 30.1. The first-order valence-electron chi connectivity index (χ1n) is 20.3. The van der Waals surface area contributed by atoms with Gasteiger partial charge in [-0.25, -0.2) is 17.6 Å². The number of hydrogen-bond donors (Lipinski definition) is 4. The summed E-state index contributed by atoms with van der Waals surface area (Å²) in [6.07, 6.45) is 9.34. The summed E-state index contributed by atoms with van der Waals surface area (Å²) in [7, 11) is 0. The van der Waals surface area contributed by atoms with Crippen LogP contribution in [0, 0.1) is 51.0 Å². The van der Waals surface area contributed by atoms with Gasteiger partial charge in [-0.05, 0) is 64.1 Å². The highest BCUT2D eigenvalue weighted by molar-refractivity contribution is 14.1. The molecule has 0 bridgehead atoms. The number of aromatic nitrogens is 8. The van der Waals surface area contributed by atoms with Gasteiger partial charge in [-0.1, -0.05) is 63.6 Å². The minimum Gasteiger partial charge on any atom is -0.371 e. The molecule has 0 unspecified atom stereocenters. The molecule has 0 aliphatic carbocycles. The summed E-state index contributed by atoms with van der Waals surface area (Å²) < 4.78 is 67.2. The van der Waals surface area contributed by atoms with Crippen molar-refractivity contribution in [1.82, 2.24) is 39.5 Å². The van der Waals surface area contributed by atoms with Crippen LogP contribution in [0.1, 0.15) is 91.7 Å². The van der Waals surface area contributed by atoms with E-state index >= 15 is 17.6 Å². The average molecular weight is 979 g/mol. The maximum absolute atomic E-state index is 16.1. The molecule has 10 nitrogen and oxygen atoms in total. The fourth-order valence-electron chi connectivity index (χ4n) is 8.42. The summed E-state index contributed by atoms with van der Waals surface area (Å²) in [5, 5.41) is 25.2. The van der Waals surface area contributed by atoms with E-state index < -0.39 is 34.3 Å². The van der Waals surface area contributed by atoms with Gasteiger partial charge in [0.2, 0.25) is 0 Å². The molecule has 10 rings (SSSR count). The number of nitrogens with one attached hydrogen (secondary N) is 4. The van der Waals surface area contributed by atoms with Crippen molar-refractivity contribution in [3.63, 3.8) is 0 Å². The van der Waals surface area contributed by atoms with E-state index in [4.69, 9.17) is 0 Å². The number of halogens is 5. The number of hydrogen-bond acceptors (Lipinski definition) is 6. The molecule has 0 saturated heterocycles. The van der Waals surface area contributed by atoms with Crippen molar-refractivity contribution in [1.29, 1.82) is 0 Å². The van der Waals surface area contributed by atoms with Gasteiger partial charge in [0, 0.05) is 68.4 Å². The fraction of sp³-hybridized carbons (Fsp3) is 0.265. The third-order valence-corrected chi connectivity index (χ3v) is 12.0. The van der Waals surface area contributed by atoms with Crippen molar-refractivity contribution in [3.05, 3.63) is 117 Å². The van der Waals surface area contributed by atoms with Crippen molar-refractivity contribution in [2.45, 2.75) is 86.7 Å². The van der Waals surface area contributed by atoms with Gasteiger partial charge in [0.1, 0.15) is 34.7 Å². The van der Waals surface area contributed by atoms with Crippen molar-refractivity contribution >= 4 is 55.8 Å². The van der Waals surface area contributed by atoms with E-state index in [2.05, 4.69) is 87.8 Å². The summed E-state index contributed by atoms with van der Waals surface area (Å²) in [4.78, 5) is 6.29. The molecule has 6 heterocycles. The summed E-state index contributed by atoms with van der Waals surface area (Å²) in [5.74, 6) is 8.06. The van der Waals surface area contributed by atoms with E-state index in [0.717, 1.165) is 19.9 Å². The lowest BCUT2D eigenvalue weighted by Gasteiger charge is -2.34. The third-order valence-electron chi connectivity index (χ3n) is 11.1. The lowest BCUT2D eigenvalue weighted by atomic mass is 9.95. The Labute approximate surface area is 382 Å². The molecule has 4 N–H and O–H groups in total. The number of H-pyrrole nitrogens is 2. The molecule has 8 aromatic rings. The standard InChI is InChI=1S/C24H21F2N5.C21H18F2IN5.C3H4.CH4/c1-5-8-13-12-27-21-14(13)9-7-10-15(21)19-16(25)11-17-22(20(19)26)31-18(6-2)29-30-23(31)24(3,4)28-17;1-4-15-27-28-20-21(2,3)26-14-8-12(22)16(17(23)19(14)29(15)20)11-7-5-6-10-13(24)9-25-18(10)11;1-3-2;/h7,9-12,27-28H,6H2,1-4H3;5-9,25-26H,4H2,1-3H3;1H,2H3;1H4. The van der Waals surface area contributed by atoms with Gasteiger partial charge < -0.3 is 20.6 Å². The van der Waals surface area contributed by atoms with Gasteiger partial charge in [0.05, 0.1) is 44.6 Å². The lowest BCUT2D eigenvalue weighted by Crippen LogP contribution is -2.36. The number of aryl methyl sites for hydroxylation is 2. The largest absolute Gasteiger partial charge is 0.371 e. The molecule has 0 amide bonds. The molecule has 328 valence electrons. The van der Waals surface area contributed by atoms with Crippen LogP contribution in [0.4, 0.5) is 28.9 Å². The van der Waals surface area contributed by atoms with Gasteiger partial charge in [-0.15, -0.1) is 38.7 Å². The Balaban J connectivity index is 0.000000178. The molecule has 4 aromatic heterocycles. The maximum atomic E-state index is 16.1. The maximum Gasteiger partial charge on any atom is 0.162 e. The predicted molar refractivity (Wildman–Crippen MR) is 256 cm³/mol. The highest BCUT2D eigenvalue weighted by Crippen LogP contribution is 2.45. The monoisotopic (exact) mass is 978 g/mol. The van der Waals surface area contributed by atoms with Crippen LogP contribution in [0.5, 0.6) is 0 Å². The summed E-state index contributed by atoms with van der Waals surface area (Å²) >= 11 is 2.20. The van der Waals surface area contributed by atoms with Crippen molar-refractivity contribution < 1.29 is 17.6 Å². The molecule has 4 aromatic carbocycles. The minimum atomic E-state index is -0.654. The topological polar surface area (TPSA) is 117 Å². The first kappa shape index (κ1) is 45.4. The number of para-hydroxylation sites is 2. The smallest absolute Gasteiger partial charge is 0.162 e. The van der Waals surface area contributed by atoms with Crippen LogP contribution < -0.4 is 10.6 Å². The van der Waals surface area contributed by atoms with Gasteiger partial charge in [0.25, 0.3) is 0 Å². The van der Waals surface area contributed by atoms with Crippen LogP contribution in [-0.4, -0.2) is 39.5 Å². The normalized spacial score (nSPS) is 13.4. The molecule has 2 aliphatic rings. The Hall–Kier alpha value is -6.59. The Bertz CT molecular complexity index is 3220. The van der Waals surface area contributed by atoms with E-state index in [0.29, 0.717) is 69.7 Å². The second kappa shape index (κ2) is 17.2. The van der Waals surface area contributed by atoms with Gasteiger partial charge >= 0.3 is 0 Å². The van der Waals surface area contributed by atoms with Gasteiger partial charge in [-0.2, -0.15) is 0 Å². The van der Waals surface area contributed by atoms with Gasteiger partial charge in [0.15, 0.2) is 23.3 Å². The summed E-state index contributed by atoms with van der Waals surface area (Å²) in [5.41, 5.74) is 2.95. The minimum absolute atomic E-state index is 0. The quantitative estimate of drug-likeness (QED) is 0.0793. The SMILES string of the molecule is C.C#CC.CC#Cc1c[nH]c2c(-c3c(F)cc4c(c3F)-n3c(CC)nnc3C(C)(C)N4)cccc12.CCc1nnc2n1-c1c(cc(F)c(-c3cccc4c(I)c[nH]c34)c1F)NC2(C)C. The Kier molecular flexibility index (Phi) is 12.2. The average Bonchev–Trinajstić information content (AvgIpc) is 4.05. The van der Waals surface area contributed by atoms with Crippen LogP contribution in [-0.2, 0) is 23.9 Å². The number of terminal acetylenes is 1. The zero-order valence-electron chi connectivity index (χ0n) is 35.8. The number of nitrogens with zero attached hydrogens (tertiary/aromatic N) is 6. The van der Waals surface area contributed by atoms with Crippen LogP contribution >= 0.6 is 22.6 Å². The number of benzene rings is 4. The van der Waals surface area contributed by atoms with Crippen LogP contribution in [0.15, 0.2) is 60.9 Å². The second-order valence-electron chi connectivity index (χ2n) is 16.1. The number of anilines is 2. The van der Waals surface area contributed by atoms with E-state index in [9.17, 15) is 0 Å². The van der Waals surface area contributed by atoms with Crippen molar-refractivity contribution in [2.75, 3.05) is 10.6 Å². The Morgan fingerprint density at radius 2 is 1.12 bits per heavy atom.